The Hall–Kier alpha value is -2.35. The van der Waals surface area contributed by atoms with Crippen molar-refractivity contribution < 1.29 is 18.3 Å². The molecule has 0 fully saturated rings. The molecule has 0 bridgehead atoms. The van der Waals surface area contributed by atoms with E-state index < -0.39 is 16.3 Å². The van der Waals surface area contributed by atoms with E-state index in [1.54, 1.807) is 0 Å². The average Bonchev–Trinajstić information content (AvgIpc) is 3.09. The van der Waals surface area contributed by atoms with Crippen LogP contribution in [0.2, 0.25) is 0 Å². The number of para-hydroxylation sites is 1. The van der Waals surface area contributed by atoms with Crippen molar-refractivity contribution >= 4 is 20.9 Å². The van der Waals surface area contributed by atoms with E-state index in [2.05, 4.69) is 21.8 Å². The topological polar surface area (TPSA) is 91.4 Å². The highest BCUT2D eigenvalue weighted by atomic mass is 32.2. The summed E-state index contributed by atoms with van der Waals surface area (Å²) in [5, 5.41) is 11.4. The summed E-state index contributed by atoms with van der Waals surface area (Å²) >= 11 is 0. The van der Waals surface area contributed by atoms with Crippen molar-refractivity contribution in [2.75, 3.05) is 12.9 Å². The summed E-state index contributed by atoms with van der Waals surface area (Å²) in [7, 11) is -3.54. The van der Waals surface area contributed by atoms with Crippen LogP contribution in [0, 0.1) is 0 Å². The third-order valence-corrected chi connectivity index (χ3v) is 6.26. The van der Waals surface area contributed by atoms with Crippen LogP contribution in [0.15, 0.2) is 42.5 Å². The number of aromatic amines is 1. The van der Waals surface area contributed by atoms with E-state index in [9.17, 15) is 13.5 Å². The molecular weight excluding hydrogens is 400 g/mol. The van der Waals surface area contributed by atoms with Crippen LogP contribution in [0.25, 0.3) is 10.9 Å². The summed E-state index contributed by atoms with van der Waals surface area (Å²) in [5.41, 5.74) is 5.09. The molecule has 6 nitrogen and oxygen atoms in total. The number of aromatic nitrogens is 1. The fourth-order valence-electron chi connectivity index (χ4n) is 4.22. The minimum absolute atomic E-state index is 0.482. The highest BCUT2D eigenvalue weighted by Crippen LogP contribution is 2.28. The van der Waals surface area contributed by atoms with Gasteiger partial charge in [0.15, 0.2) is 6.23 Å². The Bertz CT molecular complexity index is 1140. The van der Waals surface area contributed by atoms with Gasteiger partial charge in [0, 0.05) is 10.9 Å². The van der Waals surface area contributed by atoms with Crippen molar-refractivity contribution in [3.05, 3.63) is 64.8 Å². The number of aliphatic hydroxyl groups excluding tert-OH is 1. The molecule has 1 aliphatic carbocycles. The molecule has 160 valence electrons. The van der Waals surface area contributed by atoms with Gasteiger partial charge in [-0.3, -0.25) is 0 Å². The highest BCUT2D eigenvalue weighted by Gasteiger charge is 2.20. The number of benzene rings is 2. The maximum absolute atomic E-state index is 11.6. The number of sulfonamides is 1. The smallest absolute Gasteiger partial charge is 0.211 e. The van der Waals surface area contributed by atoms with Gasteiger partial charge in [-0.25, -0.2) is 8.42 Å². The lowest BCUT2D eigenvalue weighted by Gasteiger charge is -2.17. The van der Waals surface area contributed by atoms with Gasteiger partial charge >= 0.3 is 0 Å². The van der Waals surface area contributed by atoms with Gasteiger partial charge < -0.3 is 14.8 Å². The molecule has 1 aromatic heterocycles. The molecule has 0 radical (unpaired) electrons. The lowest BCUT2D eigenvalue weighted by atomic mass is 9.92. The van der Waals surface area contributed by atoms with E-state index in [4.69, 9.17) is 4.74 Å². The van der Waals surface area contributed by atoms with Gasteiger partial charge in [-0.05, 0) is 73.4 Å². The van der Waals surface area contributed by atoms with Crippen LogP contribution in [0.3, 0.4) is 0 Å². The third kappa shape index (κ3) is 4.86. The fraction of sp³-hybridized carbons (Fsp3) is 0.391. The van der Waals surface area contributed by atoms with E-state index >= 15 is 0 Å². The van der Waals surface area contributed by atoms with Crippen molar-refractivity contribution in [2.45, 2.75) is 44.8 Å². The zero-order valence-electron chi connectivity index (χ0n) is 17.1. The molecule has 0 spiro atoms. The predicted octanol–water partition coefficient (Wildman–Crippen LogP) is 3.60. The number of H-pyrrole nitrogens is 1. The molecule has 1 unspecified atom stereocenters. The predicted molar refractivity (Wildman–Crippen MR) is 118 cm³/mol. The van der Waals surface area contributed by atoms with Crippen LogP contribution in [0.5, 0.6) is 5.75 Å². The number of aliphatic hydroxyl groups is 1. The van der Waals surface area contributed by atoms with Crippen molar-refractivity contribution in [3.63, 3.8) is 0 Å². The second kappa shape index (κ2) is 8.79. The first-order chi connectivity index (χ1) is 14.4. The number of nitrogens with one attached hydrogen (secondary N) is 2. The van der Waals surface area contributed by atoms with Crippen LogP contribution in [-0.4, -0.2) is 31.4 Å². The molecule has 3 N–H and O–H groups in total. The van der Waals surface area contributed by atoms with Crippen LogP contribution in [0.4, 0.5) is 0 Å². The normalized spacial score (nSPS) is 15.1. The molecule has 3 aromatic rings. The number of hydrogen-bond donors (Lipinski definition) is 3. The quantitative estimate of drug-likeness (QED) is 0.378. The summed E-state index contributed by atoms with van der Waals surface area (Å²) in [6, 6.07) is 14.1. The Kier molecular flexibility index (Phi) is 6.13. The molecule has 2 aromatic carbocycles. The lowest BCUT2D eigenvalue weighted by Crippen LogP contribution is -2.28. The van der Waals surface area contributed by atoms with Crippen LogP contribution in [-0.2, 0) is 29.3 Å². The van der Waals surface area contributed by atoms with Gasteiger partial charge in [0.25, 0.3) is 0 Å². The zero-order valence-corrected chi connectivity index (χ0v) is 18.0. The van der Waals surface area contributed by atoms with Gasteiger partial charge in [-0.2, -0.15) is 4.72 Å². The van der Waals surface area contributed by atoms with Gasteiger partial charge in [0.05, 0.1) is 18.6 Å². The average molecular weight is 429 g/mol. The van der Waals surface area contributed by atoms with E-state index in [0.717, 1.165) is 47.7 Å². The first kappa shape index (κ1) is 20.9. The van der Waals surface area contributed by atoms with Crippen molar-refractivity contribution in [1.29, 1.82) is 0 Å². The number of rotatable bonds is 8. The Labute approximate surface area is 177 Å². The molecule has 0 aliphatic heterocycles. The van der Waals surface area contributed by atoms with E-state index in [1.165, 1.54) is 24.0 Å². The highest BCUT2D eigenvalue weighted by molar-refractivity contribution is 7.88. The van der Waals surface area contributed by atoms with Gasteiger partial charge in [0.2, 0.25) is 10.0 Å². The molecule has 1 aliphatic rings. The summed E-state index contributed by atoms with van der Waals surface area (Å²) in [4.78, 5) is 3.16. The third-order valence-electron chi connectivity index (χ3n) is 5.61. The Balaban J connectivity index is 1.45. The van der Waals surface area contributed by atoms with E-state index in [0.29, 0.717) is 18.7 Å². The first-order valence-electron chi connectivity index (χ1n) is 10.4. The Morgan fingerprint density at radius 1 is 1.13 bits per heavy atom. The van der Waals surface area contributed by atoms with Crippen LogP contribution >= 0.6 is 0 Å². The lowest BCUT2D eigenvalue weighted by molar-refractivity contribution is 0.161. The SMILES string of the molecule is CS(=O)(=O)NC(O)c1[nH]c2ccccc2c1CCCOc1ccc2c(c1)CCCC2. The van der Waals surface area contributed by atoms with Gasteiger partial charge in [0.1, 0.15) is 5.75 Å². The molecule has 7 heteroatoms. The molecule has 1 heterocycles. The van der Waals surface area contributed by atoms with E-state index in [1.807, 2.05) is 30.3 Å². The van der Waals surface area contributed by atoms with Crippen LogP contribution < -0.4 is 9.46 Å². The van der Waals surface area contributed by atoms with Gasteiger partial charge in [-0.15, -0.1) is 0 Å². The largest absolute Gasteiger partial charge is 0.494 e. The minimum atomic E-state index is -3.54. The number of ether oxygens (including phenoxy) is 1. The number of hydrogen-bond acceptors (Lipinski definition) is 4. The first-order valence-corrected chi connectivity index (χ1v) is 12.3. The molecule has 0 amide bonds. The van der Waals surface area contributed by atoms with Crippen molar-refractivity contribution in [2.24, 2.45) is 0 Å². The molecular formula is C23H28N2O4S. The van der Waals surface area contributed by atoms with Crippen LogP contribution in [0.1, 0.15) is 47.9 Å². The van der Waals surface area contributed by atoms with Crippen molar-refractivity contribution in [3.8, 4) is 5.75 Å². The second-order valence-electron chi connectivity index (χ2n) is 7.95. The monoisotopic (exact) mass is 428 g/mol. The fourth-order valence-corrected chi connectivity index (χ4v) is 4.75. The Morgan fingerprint density at radius 3 is 2.70 bits per heavy atom. The summed E-state index contributed by atoms with van der Waals surface area (Å²) in [5.74, 6) is 0.897. The second-order valence-corrected chi connectivity index (χ2v) is 9.73. The molecule has 4 rings (SSSR count). The summed E-state index contributed by atoms with van der Waals surface area (Å²) in [6.45, 7) is 0.549. The van der Waals surface area contributed by atoms with E-state index in [-0.39, 0.29) is 0 Å². The molecule has 1 atom stereocenters. The maximum Gasteiger partial charge on any atom is 0.211 e. The zero-order chi connectivity index (χ0) is 21.1. The molecule has 30 heavy (non-hydrogen) atoms. The minimum Gasteiger partial charge on any atom is -0.494 e. The number of fused-ring (bicyclic) bond motifs is 2. The summed E-state index contributed by atoms with van der Waals surface area (Å²) < 4.78 is 31.3. The number of aryl methyl sites for hydroxylation is 3. The summed E-state index contributed by atoms with van der Waals surface area (Å²) in [6.07, 6.45) is 5.90. The maximum atomic E-state index is 11.6. The Morgan fingerprint density at radius 2 is 1.90 bits per heavy atom. The molecule has 0 saturated heterocycles. The van der Waals surface area contributed by atoms with Gasteiger partial charge in [-0.1, -0.05) is 24.3 Å². The molecule has 0 saturated carbocycles. The standard InChI is InChI=1S/C23H28N2O4S/c1-30(27,28)25-23(26)22-20(19-9-4-5-11-21(19)24-22)10-6-14-29-18-13-12-16-7-2-3-8-17(16)15-18/h4-5,9,11-13,15,23-26H,2-3,6-8,10,14H2,1H3. The van der Waals surface area contributed by atoms with Crippen molar-refractivity contribution in [1.82, 2.24) is 9.71 Å².